The van der Waals surface area contributed by atoms with Crippen molar-refractivity contribution in [3.05, 3.63) is 22.2 Å². The van der Waals surface area contributed by atoms with E-state index in [9.17, 15) is 0 Å². The first kappa shape index (κ1) is 13.3. The van der Waals surface area contributed by atoms with Gasteiger partial charge < -0.3 is 14.8 Å². The van der Waals surface area contributed by atoms with Crippen LogP contribution in [0.1, 0.15) is 38.2 Å². The molecule has 1 aliphatic carbocycles. The topological polar surface area (TPSA) is 30.5 Å². The van der Waals surface area contributed by atoms with Crippen LogP contribution >= 0.6 is 15.9 Å². The normalized spacial score (nSPS) is 18.6. The summed E-state index contributed by atoms with van der Waals surface area (Å²) in [5, 5.41) is 3.66. The monoisotopic (exact) mass is 325 g/mol. The van der Waals surface area contributed by atoms with Crippen molar-refractivity contribution in [1.82, 2.24) is 5.32 Å². The highest BCUT2D eigenvalue weighted by Gasteiger charge is 2.24. The van der Waals surface area contributed by atoms with Crippen molar-refractivity contribution >= 4 is 15.9 Å². The number of fused-ring (bicyclic) bond motifs is 1. The molecule has 0 aromatic heterocycles. The van der Waals surface area contributed by atoms with Crippen LogP contribution in [0.15, 0.2) is 16.6 Å². The maximum absolute atomic E-state index is 5.45. The van der Waals surface area contributed by atoms with E-state index in [-0.39, 0.29) is 0 Å². The van der Waals surface area contributed by atoms with E-state index in [2.05, 4.69) is 40.3 Å². The second kappa shape index (κ2) is 5.71. The Kier molecular flexibility index (Phi) is 3.99. The van der Waals surface area contributed by atoms with Gasteiger partial charge in [0.25, 0.3) is 0 Å². The number of hydrogen-bond donors (Lipinski definition) is 1. The van der Waals surface area contributed by atoms with E-state index in [1.54, 1.807) is 0 Å². The summed E-state index contributed by atoms with van der Waals surface area (Å²) >= 11 is 3.54. The predicted octanol–water partition coefficient (Wildman–Crippen LogP) is 3.85. The summed E-state index contributed by atoms with van der Waals surface area (Å²) in [6, 6.07) is 4.82. The molecule has 1 heterocycles. The van der Waals surface area contributed by atoms with Gasteiger partial charge in [0, 0.05) is 12.6 Å². The van der Waals surface area contributed by atoms with Gasteiger partial charge in [-0.15, -0.1) is 0 Å². The zero-order chi connectivity index (χ0) is 13.2. The molecule has 0 bridgehead atoms. The maximum atomic E-state index is 5.45. The van der Waals surface area contributed by atoms with Crippen molar-refractivity contribution in [2.75, 3.05) is 6.79 Å². The fourth-order valence-electron chi connectivity index (χ4n) is 2.54. The van der Waals surface area contributed by atoms with E-state index in [1.165, 1.54) is 31.2 Å². The average Bonchev–Trinajstić information content (AvgIpc) is 3.09. The highest BCUT2D eigenvalue weighted by Crippen LogP contribution is 2.40. The molecule has 0 radical (unpaired) electrons. The Morgan fingerprint density at radius 3 is 2.95 bits per heavy atom. The third-order valence-corrected chi connectivity index (χ3v) is 4.48. The molecule has 1 aromatic rings. The van der Waals surface area contributed by atoms with Crippen molar-refractivity contribution in [2.45, 2.75) is 45.2 Å². The summed E-state index contributed by atoms with van der Waals surface area (Å²) in [4.78, 5) is 0. The summed E-state index contributed by atoms with van der Waals surface area (Å²) in [6.45, 7) is 3.47. The minimum atomic E-state index is 0.323. The third-order valence-electron chi connectivity index (χ3n) is 3.89. The van der Waals surface area contributed by atoms with E-state index in [0.717, 1.165) is 28.4 Å². The SMILES string of the molecule is CCC(CC1CC1)NCc1cc(Br)c2c(c1)OCO2. The highest BCUT2D eigenvalue weighted by molar-refractivity contribution is 9.10. The molecule has 3 rings (SSSR count). The van der Waals surface area contributed by atoms with Crippen LogP contribution in [-0.4, -0.2) is 12.8 Å². The first-order chi connectivity index (χ1) is 9.26. The molecule has 1 atom stereocenters. The molecule has 104 valence electrons. The van der Waals surface area contributed by atoms with Crippen LogP contribution in [0, 0.1) is 5.92 Å². The Hall–Kier alpha value is -0.740. The molecule has 1 aromatic carbocycles. The molecular formula is C15H20BrNO2. The number of halogens is 1. The molecule has 1 unspecified atom stereocenters. The van der Waals surface area contributed by atoms with E-state index in [4.69, 9.17) is 9.47 Å². The average molecular weight is 326 g/mol. The molecule has 4 heteroatoms. The van der Waals surface area contributed by atoms with Crippen LogP contribution < -0.4 is 14.8 Å². The molecular weight excluding hydrogens is 306 g/mol. The van der Waals surface area contributed by atoms with Crippen molar-refractivity contribution in [3.63, 3.8) is 0 Å². The van der Waals surface area contributed by atoms with Crippen molar-refractivity contribution in [2.24, 2.45) is 5.92 Å². The summed E-state index contributed by atoms with van der Waals surface area (Å²) in [6.07, 6.45) is 5.37. The summed E-state index contributed by atoms with van der Waals surface area (Å²) in [7, 11) is 0. The minimum Gasteiger partial charge on any atom is -0.454 e. The fraction of sp³-hybridized carbons (Fsp3) is 0.600. The lowest BCUT2D eigenvalue weighted by Gasteiger charge is -2.17. The van der Waals surface area contributed by atoms with Gasteiger partial charge in [0.05, 0.1) is 4.47 Å². The lowest BCUT2D eigenvalue weighted by atomic mass is 10.1. The van der Waals surface area contributed by atoms with Gasteiger partial charge in [-0.2, -0.15) is 0 Å². The van der Waals surface area contributed by atoms with Crippen LogP contribution in [0.5, 0.6) is 11.5 Å². The molecule has 1 fully saturated rings. The van der Waals surface area contributed by atoms with Gasteiger partial charge in [0.2, 0.25) is 6.79 Å². The molecule has 1 aliphatic heterocycles. The standard InChI is InChI=1S/C15H20BrNO2/c1-2-12(5-10-3-4-10)17-8-11-6-13(16)15-14(7-11)18-9-19-15/h6-7,10,12,17H,2-5,8-9H2,1H3. The highest BCUT2D eigenvalue weighted by atomic mass is 79.9. The second-order valence-corrected chi connectivity index (χ2v) is 6.33. The number of nitrogens with one attached hydrogen (secondary N) is 1. The fourth-order valence-corrected chi connectivity index (χ4v) is 3.14. The van der Waals surface area contributed by atoms with Crippen LogP contribution in [0.25, 0.3) is 0 Å². The number of ether oxygens (including phenoxy) is 2. The maximum Gasteiger partial charge on any atom is 0.231 e. The molecule has 19 heavy (non-hydrogen) atoms. The molecule has 2 aliphatic rings. The van der Waals surface area contributed by atoms with Gasteiger partial charge in [-0.1, -0.05) is 19.8 Å². The quantitative estimate of drug-likeness (QED) is 0.861. The van der Waals surface area contributed by atoms with Crippen LogP contribution in [0.4, 0.5) is 0 Å². The molecule has 3 nitrogen and oxygen atoms in total. The second-order valence-electron chi connectivity index (χ2n) is 5.48. The van der Waals surface area contributed by atoms with Crippen molar-refractivity contribution in [1.29, 1.82) is 0 Å². The van der Waals surface area contributed by atoms with E-state index in [1.807, 2.05) is 0 Å². The molecule has 1 saturated carbocycles. The summed E-state index contributed by atoms with van der Waals surface area (Å²) < 4.78 is 11.8. The zero-order valence-electron chi connectivity index (χ0n) is 11.2. The third kappa shape index (κ3) is 3.23. The van der Waals surface area contributed by atoms with Crippen molar-refractivity contribution in [3.8, 4) is 11.5 Å². The Labute approximate surface area is 122 Å². The first-order valence-electron chi connectivity index (χ1n) is 7.07. The Bertz CT molecular complexity index is 460. The molecule has 0 amide bonds. The molecule has 0 spiro atoms. The van der Waals surface area contributed by atoms with E-state index in [0.29, 0.717) is 12.8 Å². The smallest absolute Gasteiger partial charge is 0.231 e. The summed E-state index contributed by atoms with van der Waals surface area (Å²) in [5.74, 6) is 2.65. The minimum absolute atomic E-state index is 0.323. The number of benzene rings is 1. The lowest BCUT2D eigenvalue weighted by Crippen LogP contribution is -2.28. The van der Waals surface area contributed by atoms with Gasteiger partial charge in [-0.25, -0.2) is 0 Å². The van der Waals surface area contributed by atoms with Gasteiger partial charge in [0.15, 0.2) is 11.5 Å². The van der Waals surface area contributed by atoms with Crippen LogP contribution in [0.2, 0.25) is 0 Å². The van der Waals surface area contributed by atoms with Crippen molar-refractivity contribution < 1.29 is 9.47 Å². The van der Waals surface area contributed by atoms with Crippen LogP contribution in [0.3, 0.4) is 0 Å². The number of hydrogen-bond acceptors (Lipinski definition) is 3. The molecule has 1 N–H and O–H groups in total. The zero-order valence-corrected chi connectivity index (χ0v) is 12.8. The van der Waals surface area contributed by atoms with Gasteiger partial charge in [0.1, 0.15) is 0 Å². The van der Waals surface area contributed by atoms with E-state index >= 15 is 0 Å². The molecule has 0 saturated heterocycles. The Morgan fingerprint density at radius 1 is 1.37 bits per heavy atom. The van der Waals surface area contributed by atoms with Crippen LogP contribution in [-0.2, 0) is 6.54 Å². The van der Waals surface area contributed by atoms with Gasteiger partial charge in [-0.3, -0.25) is 0 Å². The largest absolute Gasteiger partial charge is 0.454 e. The summed E-state index contributed by atoms with van der Waals surface area (Å²) in [5.41, 5.74) is 1.24. The van der Waals surface area contributed by atoms with Gasteiger partial charge in [-0.05, 0) is 52.4 Å². The lowest BCUT2D eigenvalue weighted by molar-refractivity contribution is 0.173. The first-order valence-corrected chi connectivity index (χ1v) is 7.87. The van der Waals surface area contributed by atoms with Gasteiger partial charge >= 0.3 is 0 Å². The number of rotatable bonds is 6. The van der Waals surface area contributed by atoms with E-state index < -0.39 is 0 Å². The Morgan fingerprint density at radius 2 is 2.21 bits per heavy atom. The predicted molar refractivity (Wildman–Crippen MR) is 78.5 cm³/mol. The Balaban J connectivity index is 1.61.